The summed E-state index contributed by atoms with van der Waals surface area (Å²) < 4.78 is 41.5. The molecule has 8 heterocycles. The average Bonchev–Trinajstić information content (AvgIpc) is 1.60. The zero-order chi connectivity index (χ0) is 89.9. The summed E-state index contributed by atoms with van der Waals surface area (Å²) in [5, 5.41) is 146. The van der Waals surface area contributed by atoms with Crippen molar-refractivity contribution in [3.63, 3.8) is 0 Å². The zero-order valence-corrected chi connectivity index (χ0v) is 73.6. The number of piperazine rings is 2. The zero-order valence-electron chi connectivity index (χ0n) is 73.6. The van der Waals surface area contributed by atoms with Gasteiger partial charge in [0.2, 0.25) is 0 Å². The number of allylic oxidation sites excluding steroid dienone is 4. The molecule has 13 N–H and O–H groups in total. The number of rotatable bonds is 9. The maximum Gasteiger partial charge on any atom is 0.312 e. The van der Waals surface area contributed by atoms with Crippen molar-refractivity contribution in [1.82, 2.24) is 19.8 Å². The molecule has 0 aromatic heterocycles. The predicted octanol–water partition coefficient (Wildman–Crippen LogP) is 10.7. The number of hydrazone groups is 2. The molecule has 672 valence electrons. The van der Waals surface area contributed by atoms with E-state index in [1.165, 1.54) is 156 Å². The first kappa shape index (κ1) is 93.9. The van der Waals surface area contributed by atoms with Crippen LogP contribution in [0, 0.1) is 61.2 Å². The van der Waals surface area contributed by atoms with Crippen molar-refractivity contribution in [3.05, 3.63) is 106 Å². The summed E-state index contributed by atoms with van der Waals surface area (Å²) in [7, 11) is 2.89. The minimum Gasteiger partial charge on any atom is -0.507 e. The van der Waals surface area contributed by atoms with Crippen molar-refractivity contribution in [2.45, 2.75) is 228 Å². The summed E-state index contributed by atoms with van der Waals surface area (Å²) >= 11 is 0. The van der Waals surface area contributed by atoms with E-state index in [0.717, 1.165) is 26.2 Å². The number of hydrogen-bond donors (Lipinski definition) is 13. The maximum atomic E-state index is 14.5. The number of phenolic OH excluding ortho intramolecular Hbond substituents is 6. The molecule has 10 bridgehead atoms. The number of amides is 2. The van der Waals surface area contributed by atoms with Crippen molar-refractivity contribution >= 4 is 74.7 Å². The molecular weight excluding hydrogens is 1590 g/mol. The summed E-state index contributed by atoms with van der Waals surface area (Å²) in [4.78, 5) is 73.9. The largest absolute Gasteiger partial charge is 0.507 e. The Morgan fingerprint density at radius 3 is 1.19 bits per heavy atom. The minimum atomic E-state index is -2.04. The number of methoxy groups -OCH3 is 2. The van der Waals surface area contributed by atoms with Gasteiger partial charge in [0.15, 0.2) is 11.5 Å². The number of Topliss-reactive ketones (excluding diaryl/α,β-unsaturated/α-hetero) is 2. The van der Waals surface area contributed by atoms with Crippen LogP contribution in [0.4, 0.5) is 11.4 Å². The fraction of sp³-hybridized carbons (Fsp3) is 0.576. The first-order chi connectivity index (χ1) is 58.2. The van der Waals surface area contributed by atoms with Crippen LogP contribution in [-0.4, -0.2) is 257 Å². The van der Waals surface area contributed by atoms with E-state index in [1.54, 1.807) is 86.6 Å². The fourth-order valence-corrected chi connectivity index (χ4v) is 18.6. The highest BCUT2D eigenvalue weighted by atomic mass is 16.7. The number of fused-ring (bicyclic) bond motifs is 28. The van der Waals surface area contributed by atoms with Gasteiger partial charge in [-0.25, -0.2) is 0 Å². The van der Waals surface area contributed by atoms with E-state index >= 15 is 0 Å². The number of phenols is 6. The van der Waals surface area contributed by atoms with Gasteiger partial charge in [-0.15, -0.1) is 0 Å². The molecular formula is C92H126N8O23. The molecule has 2 amide bonds. The molecule has 2 saturated heterocycles. The highest BCUT2D eigenvalue weighted by Crippen LogP contribution is 2.58. The third-order valence-electron chi connectivity index (χ3n) is 26.8. The number of esters is 1. The molecule has 14 rings (SSSR count). The lowest BCUT2D eigenvalue weighted by atomic mass is 9.78. The summed E-state index contributed by atoms with van der Waals surface area (Å²) in [6.45, 7) is 29.5. The van der Waals surface area contributed by atoms with E-state index in [-0.39, 0.29) is 88.9 Å². The number of ether oxygens (including phenoxy) is 7. The number of aromatic hydroxyl groups is 6. The monoisotopic (exact) mass is 1710 g/mol. The first-order valence-corrected chi connectivity index (χ1v) is 42.9. The quantitative estimate of drug-likeness (QED) is 0.0320. The molecule has 0 unspecified atom stereocenters. The van der Waals surface area contributed by atoms with Crippen molar-refractivity contribution in [2.75, 3.05) is 77.2 Å². The predicted molar refractivity (Wildman–Crippen MR) is 464 cm³/mol. The minimum absolute atomic E-state index is 0.0631. The van der Waals surface area contributed by atoms with Gasteiger partial charge in [0.05, 0.1) is 112 Å². The number of hydrogen-bond acceptors (Lipinski definition) is 29. The van der Waals surface area contributed by atoms with Crippen molar-refractivity contribution in [2.24, 2.45) is 57.5 Å². The van der Waals surface area contributed by atoms with E-state index in [1.807, 2.05) is 10.0 Å². The molecule has 18 atom stereocenters. The smallest absolute Gasteiger partial charge is 0.312 e. The molecule has 2 saturated carbocycles. The van der Waals surface area contributed by atoms with Crippen LogP contribution in [0.5, 0.6) is 46.0 Å². The summed E-state index contributed by atoms with van der Waals surface area (Å²) in [6.07, 6.45) is 19.5. The van der Waals surface area contributed by atoms with Crippen LogP contribution in [0.2, 0.25) is 0 Å². The molecule has 10 aliphatic rings. The Hall–Kier alpha value is -9.83. The average molecular weight is 1710 g/mol. The van der Waals surface area contributed by atoms with Crippen molar-refractivity contribution in [3.8, 4) is 46.0 Å². The van der Waals surface area contributed by atoms with Crippen molar-refractivity contribution < 1.29 is 113 Å². The molecule has 123 heavy (non-hydrogen) atoms. The summed E-state index contributed by atoms with van der Waals surface area (Å²) in [6, 6.07) is 1.11. The maximum absolute atomic E-state index is 14.5. The fourth-order valence-electron chi connectivity index (χ4n) is 18.6. The van der Waals surface area contributed by atoms with Gasteiger partial charge in [0.25, 0.3) is 23.4 Å². The standard InChI is InChI=1S/C47H64N4O12.C45H62N4O11/c1-24-13-12-14-25(2)46(59)49-37-32(23-48-51-20-18-50(19-21-51)31-15-10-11-16-31)41(56)34-35(42(37)57)40(55)29(6)44-36(34)45(58)47(8,63-44)61-22-17-33(60-9)26(3)43(62-30(7)52)28(5)39(54)27(4)38(24)53;1-23-12-11-13-24(2)44(57)47-35-30(22-46-49-19-17-48(18-20-49)29-14-9-10-15-29)40(54)32-33(41(35)55)39(53)28(6)42-34(32)43(56)45(7,60-42)59-21-16-31(58-8)25(3)37(51)27(5)38(52)26(4)36(23)50/h12-14,17,22-24,26-28,31,33,38-39,43,53-57H,10-11,15-16,18-21H2,1-9H3,(H,49,59);11-13,16,21-23,25-27,29,31,36-38,50-55H,9-10,14-15,17-20H2,1-8H3,(H,47,57)/b13-12+,22-17+,25-14-,48-23-;12-11+,21-16+,24-13-,46-22-/t24-,26+,27+,28+,33-,38-,39+,43+,47-;23-,25+,26+,27-,31-,36-,37+,38+,45-/m00/s1. The number of nitrogens with zero attached hydrogens (tertiary/aromatic N) is 6. The van der Waals surface area contributed by atoms with Crippen LogP contribution >= 0.6 is 0 Å². The number of ketones is 2. The second-order valence-corrected chi connectivity index (χ2v) is 35.0. The number of anilines is 2. The lowest BCUT2D eigenvalue weighted by Gasteiger charge is -2.38. The molecule has 2 aliphatic carbocycles. The van der Waals surface area contributed by atoms with Gasteiger partial charge in [-0.3, -0.25) is 43.8 Å². The van der Waals surface area contributed by atoms with E-state index in [0.29, 0.717) is 38.3 Å². The highest BCUT2D eigenvalue weighted by Gasteiger charge is 2.52. The van der Waals surface area contributed by atoms with E-state index in [2.05, 4.69) is 30.6 Å². The number of carbonyl (C=O) groups excluding carboxylic acids is 5. The Morgan fingerprint density at radius 1 is 0.472 bits per heavy atom. The highest BCUT2D eigenvalue weighted by molar-refractivity contribution is 6.25. The number of carbonyl (C=O) groups is 5. The van der Waals surface area contributed by atoms with Gasteiger partial charge < -0.3 is 100.0 Å². The topological polar surface area (TPSA) is 434 Å². The Kier molecular flexibility index (Phi) is 29.9. The third kappa shape index (κ3) is 19.2. The molecule has 31 heteroatoms. The first-order valence-electron chi connectivity index (χ1n) is 42.9. The van der Waals surface area contributed by atoms with Crippen molar-refractivity contribution in [1.29, 1.82) is 0 Å². The molecule has 4 fully saturated rings. The van der Waals surface area contributed by atoms with Gasteiger partial charge in [-0.1, -0.05) is 118 Å². The van der Waals surface area contributed by atoms with Gasteiger partial charge in [-0.05, 0) is 65.5 Å². The lowest BCUT2D eigenvalue weighted by Crippen LogP contribution is -2.47. The normalized spacial score (nSPS) is 32.9. The van der Waals surface area contributed by atoms with E-state index < -0.39 is 172 Å². The third-order valence-corrected chi connectivity index (χ3v) is 26.8. The van der Waals surface area contributed by atoms with Crippen LogP contribution < -0.4 is 20.1 Å². The molecule has 4 aromatic rings. The lowest BCUT2D eigenvalue weighted by molar-refractivity contribution is -0.160. The number of nitrogens with one attached hydrogen (secondary N) is 2. The number of aliphatic hydroxyl groups is 5. The Labute approximate surface area is 718 Å². The van der Waals surface area contributed by atoms with Crippen LogP contribution in [0.15, 0.2) is 82.5 Å². The Bertz CT molecular complexity index is 4860. The molecule has 31 nitrogen and oxygen atoms in total. The van der Waals surface area contributed by atoms with Crippen LogP contribution in [0.25, 0.3) is 21.5 Å². The number of benzene rings is 4. The van der Waals surface area contributed by atoms with E-state index in [9.17, 15) is 80.1 Å². The van der Waals surface area contributed by atoms with E-state index in [4.69, 9.17) is 33.2 Å². The second-order valence-electron chi connectivity index (χ2n) is 35.0. The molecule has 0 spiro atoms. The summed E-state index contributed by atoms with van der Waals surface area (Å²) in [5.74, 6) is -15.8. The van der Waals surface area contributed by atoms with Gasteiger partial charge >= 0.3 is 17.5 Å². The van der Waals surface area contributed by atoms with Crippen LogP contribution in [0.1, 0.15) is 184 Å². The van der Waals surface area contributed by atoms with Crippen LogP contribution in [-0.2, 0) is 38.1 Å². The molecule has 0 radical (unpaired) electrons. The van der Waals surface area contributed by atoms with Gasteiger partial charge in [0.1, 0.15) is 40.6 Å². The molecule has 4 aromatic carbocycles. The summed E-state index contributed by atoms with van der Waals surface area (Å²) in [5.41, 5.74) is -0.525. The number of aliphatic hydroxyl groups excluding tert-OH is 5. The van der Waals surface area contributed by atoms with Gasteiger partial charge in [0, 0.05) is 180 Å². The second kappa shape index (κ2) is 39.2. The van der Waals surface area contributed by atoms with Crippen LogP contribution in [0.3, 0.4) is 0 Å². The Morgan fingerprint density at radius 2 is 0.821 bits per heavy atom. The van der Waals surface area contributed by atoms with Gasteiger partial charge in [-0.2, -0.15) is 10.2 Å². The SMILES string of the molecule is CO[C@H]1/C=C/O[C@@]2(C)Oc3c(C)c(O)c4c(O)c(c(/C=N\N5CCN(C6CCCC6)CC5)c(O)c4c3C2=O)NC(=O)/C(C)=C\C=C\[C@H](C)[C@H](O)[C@@H](C)[C@@H](O)[C@@H](C)[C@H](O)[C@@H]1C.CO[C@H]1/C=C/O[C@@]2(C)Oc3c(C)c(O)c4c(O)c(c(/C=N\N5CCN(C6CCCC6)CC5)c(O)c4c3C2=O)NC(=O)/C(C)=C\C=C\[C@H](C)[C@H](O)[C@@H](C)[C@@H](O)[C@@H](C)[C@H](OC(C)=O)[C@@H]1C. The Balaban J connectivity index is 0.000000240. The molecule has 8 aliphatic heterocycles.